The molecule has 1 aliphatic rings. The Balaban J connectivity index is 1.49. The van der Waals surface area contributed by atoms with Crippen LogP contribution >= 0.6 is 0 Å². The van der Waals surface area contributed by atoms with E-state index in [1.54, 1.807) is 32.2 Å². The van der Waals surface area contributed by atoms with Crippen LogP contribution in [0.3, 0.4) is 0 Å². The van der Waals surface area contributed by atoms with Gasteiger partial charge in [-0.05, 0) is 50.6 Å². The molecule has 1 aromatic heterocycles. The third kappa shape index (κ3) is 5.07. The number of nitrogens with one attached hydrogen (secondary N) is 2. The Kier molecular flexibility index (Phi) is 6.08. The summed E-state index contributed by atoms with van der Waals surface area (Å²) in [5, 5.41) is 9.38. The predicted octanol–water partition coefficient (Wildman–Crippen LogP) is 2.42. The fourth-order valence-electron chi connectivity index (χ4n) is 3.17. The predicted molar refractivity (Wildman–Crippen MR) is 101 cm³/mol. The lowest BCUT2D eigenvalue weighted by molar-refractivity contribution is -0.121. The summed E-state index contributed by atoms with van der Waals surface area (Å²) in [6.07, 6.45) is 2.01. The van der Waals surface area contributed by atoms with E-state index in [0.29, 0.717) is 18.1 Å². The molecule has 0 aliphatic carbocycles. The highest BCUT2D eigenvalue weighted by Gasteiger charge is 2.30. The van der Waals surface area contributed by atoms with E-state index in [9.17, 15) is 9.59 Å². The number of carbonyl (C=O) groups is 2. The van der Waals surface area contributed by atoms with Crippen LogP contribution in [-0.4, -0.2) is 48.1 Å². The lowest BCUT2D eigenvalue weighted by Gasteiger charge is -2.23. The van der Waals surface area contributed by atoms with E-state index in [2.05, 4.69) is 15.8 Å². The number of amides is 2. The Hall–Kier alpha value is -2.87. The number of methoxy groups -OCH3 is 1. The summed E-state index contributed by atoms with van der Waals surface area (Å²) in [4.78, 5) is 26.7. The first-order chi connectivity index (χ1) is 13.0. The van der Waals surface area contributed by atoms with Gasteiger partial charge in [0, 0.05) is 24.7 Å². The molecule has 0 radical (unpaired) electrons. The highest BCUT2D eigenvalue weighted by molar-refractivity contribution is 5.95. The Bertz CT molecular complexity index is 787. The van der Waals surface area contributed by atoms with E-state index < -0.39 is 0 Å². The van der Waals surface area contributed by atoms with Crippen molar-refractivity contribution in [3.63, 3.8) is 0 Å². The number of carbonyl (C=O) groups excluding carboxylic acids is 2. The summed E-state index contributed by atoms with van der Waals surface area (Å²) in [5.74, 6) is 1.59. The summed E-state index contributed by atoms with van der Waals surface area (Å²) < 4.78 is 10.0. The number of benzene rings is 1. The van der Waals surface area contributed by atoms with Gasteiger partial charge >= 0.3 is 0 Å². The topological polar surface area (TPSA) is 96.7 Å². The van der Waals surface area contributed by atoms with Gasteiger partial charge in [-0.1, -0.05) is 5.16 Å². The Morgan fingerprint density at radius 2 is 2.07 bits per heavy atom. The van der Waals surface area contributed by atoms with Gasteiger partial charge in [0.1, 0.15) is 11.5 Å². The van der Waals surface area contributed by atoms with Crippen molar-refractivity contribution >= 4 is 23.3 Å². The van der Waals surface area contributed by atoms with Gasteiger partial charge in [-0.25, -0.2) is 0 Å². The number of aryl methyl sites for hydroxylation is 1. The van der Waals surface area contributed by atoms with Gasteiger partial charge in [0.15, 0.2) is 5.82 Å². The van der Waals surface area contributed by atoms with Crippen molar-refractivity contribution in [2.24, 2.45) is 0 Å². The van der Waals surface area contributed by atoms with Crippen LogP contribution in [0.15, 0.2) is 34.9 Å². The zero-order valence-electron chi connectivity index (χ0n) is 15.5. The first-order valence-corrected chi connectivity index (χ1v) is 8.97. The van der Waals surface area contributed by atoms with E-state index in [1.165, 1.54) is 0 Å². The molecule has 1 unspecified atom stereocenters. The van der Waals surface area contributed by atoms with Crippen molar-refractivity contribution in [2.75, 3.05) is 30.8 Å². The second-order valence-corrected chi connectivity index (χ2v) is 6.53. The van der Waals surface area contributed by atoms with Gasteiger partial charge in [0.05, 0.1) is 13.2 Å². The Morgan fingerprint density at radius 1 is 1.30 bits per heavy atom. The quantitative estimate of drug-likeness (QED) is 0.775. The molecular formula is C19H24N4O4. The fraction of sp³-hybridized carbons (Fsp3) is 0.421. The average molecular weight is 372 g/mol. The molecule has 1 fully saturated rings. The van der Waals surface area contributed by atoms with E-state index in [-0.39, 0.29) is 24.3 Å². The van der Waals surface area contributed by atoms with Crippen LogP contribution in [0.25, 0.3) is 0 Å². The van der Waals surface area contributed by atoms with E-state index in [4.69, 9.17) is 9.26 Å². The zero-order chi connectivity index (χ0) is 19.2. The van der Waals surface area contributed by atoms with Gasteiger partial charge in [0.2, 0.25) is 11.8 Å². The molecule has 0 spiro atoms. The number of nitrogens with zero attached hydrogens (tertiary/aromatic N) is 2. The lowest BCUT2D eigenvalue weighted by atomic mass is 10.2. The highest BCUT2D eigenvalue weighted by Crippen LogP contribution is 2.21. The minimum absolute atomic E-state index is 0.0507. The average Bonchev–Trinajstić information content (AvgIpc) is 3.29. The molecule has 2 N–H and O–H groups in total. The SMILES string of the molecule is COc1ccc(NC(=O)C2CCCN2CCC(=O)Nc2cc(C)on2)cc1. The number of likely N-dealkylation sites (tertiary alicyclic amines) is 1. The summed E-state index contributed by atoms with van der Waals surface area (Å²) in [6, 6.07) is 8.66. The maximum atomic E-state index is 12.6. The minimum Gasteiger partial charge on any atom is -0.497 e. The molecule has 2 aromatic rings. The van der Waals surface area contributed by atoms with Crippen molar-refractivity contribution in [3.05, 3.63) is 36.1 Å². The molecule has 1 aromatic carbocycles. The molecule has 8 nitrogen and oxygen atoms in total. The van der Waals surface area contributed by atoms with E-state index in [0.717, 1.165) is 30.8 Å². The largest absolute Gasteiger partial charge is 0.497 e. The van der Waals surface area contributed by atoms with Crippen molar-refractivity contribution in [1.82, 2.24) is 10.1 Å². The molecule has 2 heterocycles. The maximum absolute atomic E-state index is 12.6. The van der Waals surface area contributed by atoms with Crippen molar-refractivity contribution in [3.8, 4) is 5.75 Å². The minimum atomic E-state index is -0.228. The third-order valence-corrected chi connectivity index (χ3v) is 4.55. The molecule has 1 saturated heterocycles. The first-order valence-electron chi connectivity index (χ1n) is 8.97. The normalized spacial score (nSPS) is 16.9. The van der Waals surface area contributed by atoms with E-state index >= 15 is 0 Å². The summed E-state index contributed by atoms with van der Waals surface area (Å²) in [7, 11) is 1.60. The van der Waals surface area contributed by atoms with Crippen LogP contribution in [0.5, 0.6) is 5.75 Å². The molecule has 3 rings (SSSR count). The fourth-order valence-corrected chi connectivity index (χ4v) is 3.17. The number of hydrogen-bond donors (Lipinski definition) is 2. The molecule has 1 atom stereocenters. The molecule has 2 amide bonds. The summed E-state index contributed by atoms with van der Waals surface area (Å²) in [5.41, 5.74) is 0.729. The monoisotopic (exact) mass is 372 g/mol. The second-order valence-electron chi connectivity index (χ2n) is 6.53. The van der Waals surface area contributed by atoms with Crippen LogP contribution < -0.4 is 15.4 Å². The van der Waals surface area contributed by atoms with Crippen LogP contribution in [-0.2, 0) is 9.59 Å². The molecule has 0 saturated carbocycles. The van der Waals surface area contributed by atoms with Gasteiger partial charge in [-0.2, -0.15) is 0 Å². The standard InChI is InChI=1S/C19H24N4O4/c1-13-12-17(22-27-13)21-18(24)9-11-23-10-3-4-16(23)19(25)20-14-5-7-15(26-2)8-6-14/h5-8,12,16H,3-4,9-11H2,1-2H3,(H,20,25)(H,21,22,24). The zero-order valence-corrected chi connectivity index (χ0v) is 15.5. The number of hydrogen-bond acceptors (Lipinski definition) is 6. The first kappa shape index (κ1) is 18.9. The van der Waals surface area contributed by atoms with E-state index in [1.807, 2.05) is 17.0 Å². The van der Waals surface area contributed by atoms with Crippen molar-refractivity contribution < 1.29 is 18.8 Å². The van der Waals surface area contributed by atoms with Crippen LogP contribution in [0.2, 0.25) is 0 Å². The van der Waals surface area contributed by atoms with Gasteiger partial charge in [0.25, 0.3) is 0 Å². The number of anilines is 2. The summed E-state index contributed by atoms with van der Waals surface area (Å²) >= 11 is 0. The lowest BCUT2D eigenvalue weighted by Crippen LogP contribution is -2.40. The molecule has 0 bridgehead atoms. The van der Waals surface area contributed by atoms with Crippen molar-refractivity contribution in [1.29, 1.82) is 0 Å². The molecular weight excluding hydrogens is 348 g/mol. The van der Waals surface area contributed by atoms with Gasteiger partial charge < -0.3 is 19.9 Å². The van der Waals surface area contributed by atoms with Crippen LogP contribution in [0.4, 0.5) is 11.5 Å². The smallest absolute Gasteiger partial charge is 0.241 e. The Morgan fingerprint density at radius 3 is 2.74 bits per heavy atom. The van der Waals surface area contributed by atoms with Gasteiger partial charge in [-0.3, -0.25) is 14.5 Å². The number of rotatable bonds is 7. The Labute approximate surface area is 157 Å². The molecule has 27 heavy (non-hydrogen) atoms. The molecule has 1 aliphatic heterocycles. The number of ether oxygens (including phenoxy) is 1. The van der Waals surface area contributed by atoms with Crippen LogP contribution in [0.1, 0.15) is 25.0 Å². The summed E-state index contributed by atoms with van der Waals surface area (Å²) in [6.45, 7) is 3.08. The molecule has 144 valence electrons. The number of aromatic nitrogens is 1. The third-order valence-electron chi connectivity index (χ3n) is 4.55. The van der Waals surface area contributed by atoms with Crippen LogP contribution in [0, 0.1) is 6.92 Å². The second kappa shape index (κ2) is 8.68. The van der Waals surface area contributed by atoms with Gasteiger partial charge in [-0.15, -0.1) is 0 Å². The highest BCUT2D eigenvalue weighted by atomic mass is 16.5. The van der Waals surface area contributed by atoms with Crippen molar-refractivity contribution in [2.45, 2.75) is 32.2 Å². The maximum Gasteiger partial charge on any atom is 0.241 e. The molecule has 8 heteroatoms.